The summed E-state index contributed by atoms with van der Waals surface area (Å²) in [5.74, 6) is -0.122. The summed E-state index contributed by atoms with van der Waals surface area (Å²) in [6.45, 7) is 6.24. The van der Waals surface area contributed by atoms with E-state index in [-0.39, 0.29) is 12.5 Å². The number of carbonyl (C=O) groups is 1. The van der Waals surface area contributed by atoms with Crippen LogP contribution in [0.1, 0.15) is 5.01 Å². The number of nitrogens with zero attached hydrogens (tertiary/aromatic N) is 2. The van der Waals surface area contributed by atoms with Crippen molar-refractivity contribution in [1.29, 1.82) is 0 Å². The van der Waals surface area contributed by atoms with Gasteiger partial charge in [0.15, 0.2) is 0 Å². The number of hydrogen-bond donors (Lipinski definition) is 2. The molecule has 0 saturated carbocycles. The summed E-state index contributed by atoms with van der Waals surface area (Å²) in [7, 11) is 0. The molecule has 0 aromatic carbocycles. The number of hydrogen-bond acceptors (Lipinski definition) is 5. The van der Waals surface area contributed by atoms with Crippen LogP contribution in [0.25, 0.3) is 0 Å². The average molecular weight is 212 g/mol. The minimum atomic E-state index is -0.122. The van der Waals surface area contributed by atoms with E-state index in [0.29, 0.717) is 11.7 Å². The van der Waals surface area contributed by atoms with Gasteiger partial charge in [-0.05, 0) is 6.92 Å². The van der Waals surface area contributed by atoms with Crippen LogP contribution >= 0.6 is 11.3 Å². The van der Waals surface area contributed by atoms with Gasteiger partial charge < -0.3 is 5.32 Å². The van der Waals surface area contributed by atoms with Gasteiger partial charge in [0.25, 0.3) is 0 Å². The van der Waals surface area contributed by atoms with Gasteiger partial charge in [-0.3, -0.25) is 10.1 Å². The normalized spacial score (nSPS) is 9.79. The summed E-state index contributed by atoms with van der Waals surface area (Å²) in [6, 6.07) is 0. The smallest absolute Gasteiger partial charge is 0.240 e. The second kappa shape index (κ2) is 5.46. The number of aromatic nitrogens is 2. The standard InChI is InChI=1S/C8H12N4OS/c1-3-4-9-5-7(13)10-8-12-11-6(2)14-8/h3,9H,1,4-5H2,2H3,(H,10,12,13). The summed E-state index contributed by atoms with van der Waals surface area (Å²) in [5.41, 5.74) is 0. The molecule has 76 valence electrons. The van der Waals surface area contributed by atoms with Crippen molar-refractivity contribution in [3.8, 4) is 0 Å². The number of aryl methyl sites for hydroxylation is 1. The summed E-state index contributed by atoms with van der Waals surface area (Å²) in [5, 5.41) is 14.4. The molecule has 1 heterocycles. The SMILES string of the molecule is C=CCNCC(=O)Nc1nnc(C)s1. The maximum Gasteiger partial charge on any atom is 0.240 e. The molecule has 2 N–H and O–H groups in total. The van der Waals surface area contributed by atoms with Gasteiger partial charge in [-0.2, -0.15) is 0 Å². The molecule has 0 aliphatic heterocycles. The Bertz CT molecular complexity index is 323. The van der Waals surface area contributed by atoms with Gasteiger partial charge in [-0.15, -0.1) is 16.8 Å². The topological polar surface area (TPSA) is 66.9 Å². The molecule has 0 atom stereocenters. The highest BCUT2D eigenvalue weighted by atomic mass is 32.1. The Hall–Kier alpha value is -1.27. The first-order valence-electron chi connectivity index (χ1n) is 4.14. The lowest BCUT2D eigenvalue weighted by Gasteiger charge is -2.00. The van der Waals surface area contributed by atoms with Crippen LogP contribution in [-0.4, -0.2) is 29.2 Å². The molecule has 0 radical (unpaired) electrons. The zero-order valence-corrected chi connectivity index (χ0v) is 8.73. The Labute approximate surface area is 86.2 Å². The first-order chi connectivity index (χ1) is 6.72. The predicted octanol–water partition coefficient (Wildman–Crippen LogP) is 0.561. The van der Waals surface area contributed by atoms with Crippen LogP contribution in [0.3, 0.4) is 0 Å². The Morgan fingerprint density at radius 2 is 2.43 bits per heavy atom. The van der Waals surface area contributed by atoms with E-state index in [1.807, 2.05) is 6.92 Å². The zero-order valence-electron chi connectivity index (χ0n) is 7.91. The molecule has 0 unspecified atom stereocenters. The summed E-state index contributed by atoms with van der Waals surface area (Å²) in [6.07, 6.45) is 1.70. The second-order valence-electron chi connectivity index (χ2n) is 2.59. The van der Waals surface area contributed by atoms with Crippen molar-refractivity contribution in [3.05, 3.63) is 17.7 Å². The molecule has 0 aliphatic rings. The number of rotatable bonds is 5. The van der Waals surface area contributed by atoms with Crippen LogP contribution in [-0.2, 0) is 4.79 Å². The van der Waals surface area contributed by atoms with Crippen LogP contribution in [0.15, 0.2) is 12.7 Å². The monoisotopic (exact) mass is 212 g/mol. The molecule has 0 fully saturated rings. The minimum absolute atomic E-state index is 0.122. The fourth-order valence-electron chi connectivity index (χ4n) is 0.798. The van der Waals surface area contributed by atoms with E-state index < -0.39 is 0 Å². The molecule has 0 saturated heterocycles. The Morgan fingerprint density at radius 3 is 3.00 bits per heavy atom. The number of nitrogens with one attached hydrogen (secondary N) is 2. The average Bonchev–Trinajstić information content (AvgIpc) is 2.52. The van der Waals surface area contributed by atoms with Crippen molar-refractivity contribution in [2.45, 2.75) is 6.92 Å². The first-order valence-corrected chi connectivity index (χ1v) is 4.95. The zero-order chi connectivity index (χ0) is 10.4. The third-order valence-corrected chi connectivity index (χ3v) is 2.10. The number of amides is 1. The molecule has 1 amide bonds. The van der Waals surface area contributed by atoms with E-state index in [2.05, 4.69) is 27.4 Å². The molecule has 5 nitrogen and oxygen atoms in total. The van der Waals surface area contributed by atoms with Crippen LogP contribution < -0.4 is 10.6 Å². The lowest BCUT2D eigenvalue weighted by molar-refractivity contribution is -0.115. The highest BCUT2D eigenvalue weighted by Crippen LogP contribution is 2.12. The summed E-state index contributed by atoms with van der Waals surface area (Å²) < 4.78 is 0. The van der Waals surface area contributed by atoms with Gasteiger partial charge in [0, 0.05) is 6.54 Å². The maximum atomic E-state index is 11.2. The molecule has 1 rings (SSSR count). The van der Waals surface area contributed by atoms with Gasteiger partial charge in [0.05, 0.1) is 6.54 Å². The Morgan fingerprint density at radius 1 is 1.64 bits per heavy atom. The molecular formula is C8H12N4OS. The number of carbonyl (C=O) groups excluding carboxylic acids is 1. The van der Waals surface area contributed by atoms with E-state index in [0.717, 1.165) is 5.01 Å². The van der Waals surface area contributed by atoms with Gasteiger partial charge in [0.1, 0.15) is 5.01 Å². The van der Waals surface area contributed by atoms with Crippen molar-refractivity contribution >= 4 is 22.4 Å². The van der Waals surface area contributed by atoms with E-state index in [1.54, 1.807) is 6.08 Å². The lowest BCUT2D eigenvalue weighted by Crippen LogP contribution is -2.27. The van der Waals surface area contributed by atoms with Gasteiger partial charge in [-0.25, -0.2) is 0 Å². The summed E-state index contributed by atoms with van der Waals surface area (Å²) in [4.78, 5) is 11.2. The Kier molecular flexibility index (Phi) is 4.21. The quantitative estimate of drug-likeness (QED) is 0.553. The van der Waals surface area contributed by atoms with Gasteiger partial charge >= 0.3 is 0 Å². The molecule has 14 heavy (non-hydrogen) atoms. The summed E-state index contributed by atoms with van der Waals surface area (Å²) >= 11 is 1.35. The molecule has 0 aliphatic carbocycles. The van der Waals surface area contributed by atoms with Crippen molar-refractivity contribution in [1.82, 2.24) is 15.5 Å². The second-order valence-corrected chi connectivity index (χ2v) is 3.78. The minimum Gasteiger partial charge on any atom is -0.305 e. The highest BCUT2D eigenvalue weighted by molar-refractivity contribution is 7.15. The van der Waals surface area contributed by atoms with Crippen molar-refractivity contribution in [3.63, 3.8) is 0 Å². The fraction of sp³-hybridized carbons (Fsp3) is 0.375. The largest absolute Gasteiger partial charge is 0.305 e. The maximum absolute atomic E-state index is 11.2. The molecule has 1 aromatic rings. The van der Waals surface area contributed by atoms with Crippen molar-refractivity contribution in [2.75, 3.05) is 18.4 Å². The van der Waals surface area contributed by atoms with Crippen molar-refractivity contribution < 1.29 is 4.79 Å². The molecule has 0 bridgehead atoms. The highest BCUT2D eigenvalue weighted by Gasteiger charge is 2.04. The fourth-order valence-corrected chi connectivity index (χ4v) is 1.41. The third-order valence-electron chi connectivity index (χ3n) is 1.35. The molecule has 6 heteroatoms. The molecular weight excluding hydrogens is 200 g/mol. The van der Waals surface area contributed by atoms with Crippen LogP contribution in [0, 0.1) is 6.92 Å². The van der Waals surface area contributed by atoms with E-state index in [1.165, 1.54) is 11.3 Å². The Balaban J connectivity index is 2.30. The van der Waals surface area contributed by atoms with Gasteiger partial charge in [-0.1, -0.05) is 17.4 Å². The van der Waals surface area contributed by atoms with E-state index in [9.17, 15) is 4.79 Å². The predicted molar refractivity (Wildman–Crippen MR) is 56.3 cm³/mol. The van der Waals surface area contributed by atoms with E-state index in [4.69, 9.17) is 0 Å². The lowest BCUT2D eigenvalue weighted by atomic mass is 10.5. The number of anilines is 1. The first kappa shape index (κ1) is 10.8. The van der Waals surface area contributed by atoms with Crippen LogP contribution in [0.5, 0.6) is 0 Å². The molecule has 0 spiro atoms. The van der Waals surface area contributed by atoms with E-state index >= 15 is 0 Å². The molecule has 1 aromatic heterocycles. The van der Waals surface area contributed by atoms with Crippen LogP contribution in [0.4, 0.5) is 5.13 Å². The third kappa shape index (κ3) is 3.63. The van der Waals surface area contributed by atoms with Gasteiger partial charge in [0.2, 0.25) is 11.0 Å². The van der Waals surface area contributed by atoms with Crippen LogP contribution in [0.2, 0.25) is 0 Å². The van der Waals surface area contributed by atoms with Crippen molar-refractivity contribution in [2.24, 2.45) is 0 Å².